The van der Waals surface area contributed by atoms with Crippen LogP contribution in [0, 0.1) is 6.92 Å². The molecule has 1 saturated heterocycles. The second-order valence-corrected chi connectivity index (χ2v) is 7.91. The Hall–Kier alpha value is -3.93. The van der Waals surface area contributed by atoms with Gasteiger partial charge in [-0.05, 0) is 47.9 Å². The molecule has 4 aromatic rings. The zero-order valence-electron chi connectivity index (χ0n) is 18.0. The lowest BCUT2D eigenvalue weighted by atomic mass is 9.99. The molecule has 0 bridgehead atoms. The lowest BCUT2D eigenvalue weighted by Crippen LogP contribution is -2.31. The van der Waals surface area contributed by atoms with Gasteiger partial charge >= 0.3 is 0 Å². The van der Waals surface area contributed by atoms with Crippen molar-refractivity contribution in [3.8, 4) is 11.1 Å². The zero-order chi connectivity index (χ0) is 22.1. The molecule has 0 aliphatic carbocycles. The number of hydrogen-bond donors (Lipinski definition) is 0. The Kier molecular flexibility index (Phi) is 5.19. The van der Waals surface area contributed by atoms with Crippen molar-refractivity contribution < 1.29 is 14.0 Å². The van der Waals surface area contributed by atoms with E-state index in [1.54, 1.807) is 4.90 Å². The van der Waals surface area contributed by atoms with Gasteiger partial charge in [-0.15, -0.1) is 0 Å². The molecule has 160 valence electrons. The molecule has 2 heterocycles. The van der Waals surface area contributed by atoms with Crippen LogP contribution in [0.15, 0.2) is 82.4 Å². The maximum atomic E-state index is 13.5. The molecule has 1 amide bonds. The molecule has 1 fully saturated rings. The van der Waals surface area contributed by atoms with Crippen LogP contribution in [-0.2, 0) is 4.84 Å². The summed E-state index contributed by atoms with van der Waals surface area (Å²) >= 11 is 0. The third kappa shape index (κ3) is 3.64. The average Bonchev–Trinajstić information content (AvgIpc) is 3.43. The van der Waals surface area contributed by atoms with Crippen molar-refractivity contribution in [2.45, 2.75) is 19.4 Å². The van der Waals surface area contributed by atoms with Crippen LogP contribution in [0.5, 0.6) is 0 Å². The Morgan fingerprint density at radius 3 is 2.56 bits per heavy atom. The highest BCUT2D eigenvalue weighted by Gasteiger charge is 2.38. The van der Waals surface area contributed by atoms with Gasteiger partial charge in [-0.3, -0.25) is 4.79 Å². The minimum Gasteiger partial charge on any atom is -0.438 e. The van der Waals surface area contributed by atoms with E-state index in [4.69, 9.17) is 9.25 Å². The van der Waals surface area contributed by atoms with Gasteiger partial charge in [0.05, 0.1) is 12.3 Å². The quantitative estimate of drug-likeness (QED) is 0.411. The fraction of sp³-hybridized carbons (Fsp3) is 0.192. The zero-order valence-corrected chi connectivity index (χ0v) is 18.0. The Bertz CT molecular complexity index is 1270. The van der Waals surface area contributed by atoms with E-state index in [9.17, 15) is 4.79 Å². The van der Waals surface area contributed by atoms with Crippen molar-refractivity contribution in [1.82, 2.24) is 9.88 Å². The summed E-state index contributed by atoms with van der Waals surface area (Å²) in [6, 6.07) is 23.2. The normalized spacial score (nSPS) is 17.2. The molecule has 6 heteroatoms. The number of oxime groups is 1. The van der Waals surface area contributed by atoms with Crippen molar-refractivity contribution >= 4 is 22.7 Å². The molecule has 3 aromatic carbocycles. The third-order valence-electron chi connectivity index (χ3n) is 5.82. The number of carbonyl (C=O) groups is 1. The molecule has 5 rings (SSSR count). The number of para-hydroxylation sites is 2. The van der Waals surface area contributed by atoms with E-state index in [0.29, 0.717) is 30.0 Å². The summed E-state index contributed by atoms with van der Waals surface area (Å²) in [6.45, 7) is 2.45. The van der Waals surface area contributed by atoms with Crippen LogP contribution in [0.25, 0.3) is 22.2 Å². The molecular formula is C26H23N3O3. The van der Waals surface area contributed by atoms with E-state index in [0.717, 1.165) is 22.4 Å². The largest absolute Gasteiger partial charge is 0.438 e. The van der Waals surface area contributed by atoms with Crippen LogP contribution >= 0.6 is 0 Å². The van der Waals surface area contributed by atoms with Crippen LogP contribution in [0.3, 0.4) is 0 Å². The van der Waals surface area contributed by atoms with Gasteiger partial charge in [0.2, 0.25) is 5.89 Å². The molecule has 32 heavy (non-hydrogen) atoms. The van der Waals surface area contributed by atoms with Crippen LogP contribution in [0.2, 0.25) is 0 Å². The number of aromatic nitrogens is 1. The predicted octanol–water partition coefficient (Wildman–Crippen LogP) is 5.39. The van der Waals surface area contributed by atoms with Gasteiger partial charge in [0.25, 0.3) is 5.91 Å². The van der Waals surface area contributed by atoms with Gasteiger partial charge in [-0.1, -0.05) is 53.7 Å². The second-order valence-electron chi connectivity index (χ2n) is 7.91. The number of hydrogen-bond acceptors (Lipinski definition) is 5. The number of amides is 1. The Morgan fingerprint density at radius 1 is 1.06 bits per heavy atom. The number of benzene rings is 3. The lowest BCUT2D eigenvalue weighted by Gasteiger charge is -2.21. The summed E-state index contributed by atoms with van der Waals surface area (Å²) in [5, 5.41) is 4.10. The van der Waals surface area contributed by atoms with Crippen LogP contribution in [0.4, 0.5) is 0 Å². The summed E-state index contributed by atoms with van der Waals surface area (Å²) in [5.41, 5.74) is 6.31. The fourth-order valence-electron chi connectivity index (χ4n) is 4.22. The highest BCUT2D eigenvalue weighted by molar-refractivity contribution is 6.00. The second kappa shape index (κ2) is 8.30. The Morgan fingerprint density at radius 2 is 1.81 bits per heavy atom. The minimum atomic E-state index is -0.333. The van der Waals surface area contributed by atoms with E-state index in [-0.39, 0.29) is 11.9 Å². The average molecular weight is 425 g/mol. The molecule has 6 nitrogen and oxygen atoms in total. The number of likely N-dealkylation sites (tertiary alicyclic amines) is 1. The van der Waals surface area contributed by atoms with Crippen molar-refractivity contribution in [3.63, 3.8) is 0 Å². The Balaban J connectivity index is 1.46. The first kappa shape index (κ1) is 20.0. The summed E-state index contributed by atoms with van der Waals surface area (Å²) in [5.74, 6) is 0.423. The molecule has 0 unspecified atom stereocenters. The van der Waals surface area contributed by atoms with Crippen molar-refractivity contribution in [3.05, 3.63) is 89.8 Å². The predicted molar refractivity (Wildman–Crippen MR) is 123 cm³/mol. The number of carbonyl (C=O) groups excluding carboxylic acids is 1. The highest BCUT2D eigenvalue weighted by atomic mass is 16.6. The number of aryl methyl sites for hydroxylation is 1. The number of oxazole rings is 1. The molecule has 1 aromatic heterocycles. The van der Waals surface area contributed by atoms with Gasteiger partial charge in [0, 0.05) is 12.0 Å². The molecule has 0 saturated carbocycles. The summed E-state index contributed by atoms with van der Waals surface area (Å²) in [4.78, 5) is 24.8. The van der Waals surface area contributed by atoms with Crippen LogP contribution in [-0.4, -0.2) is 35.2 Å². The van der Waals surface area contributed by atoms with Gasteiger partial charge in [0.1, 0.15) is 18.7 Å². The number of rotatable bonds is 4. The number of fused-ring (bicyclic) bond motifs is 1. The smallest absolute Gasteiger partial charge is 0.254 e. The SMILES string of the molecule is CON=C1C[C@@H](c2nc3ccccc3o2)N(C(=O)c2ccc(-c3ccccc3C)cc2)C1. The third-order valence-corrected chi connectivity index (χ3v) is 5.82. The number of nitrogens with zero attached hydrogens (tertiary/aromatic N) is 3. The van der Waals surface area contributed by atoms with E-state index >= 15 is 0 Å². The van der Waals surface area contributed by atoms with E-state index in [1.807, 2.05) is 60.7 Å². The Labute approximate surface area is 186 Å². The molecule has 1 aliphatic heterocycles. The first-order valence-corrected chi connectivity index (χ1v) is 10.6. The first-order chi connectivity index (χ1) is 15.6. The molecule has 0 spiro atoms. The van der Waals surface area contributed by atoms with Crippen molar-refractivity contribution in [1.29, 1.82) is 0 Å². The van der Waals surface area contributed by atoms with E-state index in [1.165, 1.54) is 12.7 Å². The molecule has 0 N–H and O–H groups in total. The van der Waals surface area contributed by atoms with Gasteiger partial charge in [-0.25, -0.2) is 4.98 Å². The first-order valence-electron chi connectivity index (χ1n) is 10.6. The molecule has 1 atom stereocenters. The van der Waals surface area contributed by atoms with E-state index < -0.39 is 0 Å². The topological polar surface area (TPSA) is 67.9 Å². The van der Waals surface area contributed by atoms with Gasteiger partial charge < -0.3 is 14.2 Å². The van der Waals surface area contributed by atoms with Crippen molar-refractivity contribution in [2.75, 3.05) is 13.7 Å². The summed E-state index contributed by atoms with van der Waals surface area (Å²) in [7, 11) is 1.51. The van der Waals surface area contributed by atoms with Crippen LogP contribution < -0.4 is 0 Å². The van der Waals surface area contributed by atoms with E-state index in [2.05, 4.69) is 29.2 Å². The maximum Gasteiger partial charge on any atom is 0.254 e. The van der Waals surface area contributed by atoms with Crippen molar-refractivity contribution in [2.24, 2.45) is 5.16 Å². The van der Waals surface area contributed by atoms with Crippen LogP contribution in [0.1, 0.15) is 34.3 Å². The standard InChI is InChI=1S/C26H23N3O3/c1-17-7-3-4-8-21(17)18-11-13-19(14-12-18)26(30)29-16-20(28-31-2)15-23(29)25-27-22-9-5-6-10-24(22)32-25/h3-14,23H,15-16H2,1-2H3/t23-/m0/s1. The molecular weight excluding hydrogens is 402 g/mol. The highest BCUT2D eigenvalue weighted by Crippen LogP contribution is 2.34. The van der Waals surface area contributed by atoms with Gasteiger partial charge in [-0.2, -0.15) is 0 Å². The maximum absolute atomic E-state index is 13.5. The summed E-state index contributed by atoms with van der Waals surface area (Å²) in [6.07, 6.45) is 0.522. The summed E-state index contributed by atoms with van der Waals surface area (Å²) < 4.78 is 5.98. The monoisotopic (exact) mass is 425 g/mol. The molecule has 0 radical (unpaired) electrons. The lowest BCUT2D eigenvalue weighted by molar-refractivity contribution is 0.0720. The minimum absolute atomic E-state index is 0.0881. The van der Waals surface area contributed by atoms with Gasteiger partial charge in [0.15, 0.2) is 5.58 Å². The molecule has 1 aliphatic rings. The fourth-order valence-corrected chi connectivity index (χ4v) is 4.22.